The van der Waals surface area contributed by atoms with Crippen molar-refractivity contribution in [3.8, 4) is 0 Å². The third-order valence-corrected chi connectivity index (χ3v) is 2.64. The number of aromatic nitrogens is 1. The van der Waals surface area contributed by atoms with Gasteiger partial charge in [0.2, 0.25) is 5.91 Å². The summed E-state index contributed by atoms with van der Waals surface area (Å²) >= 11 is 0. The monoisotopic (exact) mass is 253 g/mol. The van der Waals surface area contributed by atoms with Crippen LogP contribution in [0, 0.1) is 0 Å². The molecule has 1 aliphatic rings. The summed E-state index contributed by atoms with van der Waals surface area (Å²) in [6, 6.07) is 1.70. The van der Waals surface area contributed by atoms with E-state index in [9.17, 15) is 4.79 Å². The Hall–Kier alpha value is -1.36. The number of rotatable bonds is 2. The summed E-state index contributed by atoms with van der Waals surface area (Å²) < 4.78 is 5.18. The molecule has 1 aliphatic heterocycles. The average Bonchev–Trinajstić information content (AvgIpc) is 2.66. The highest BCUT2D eigenvalue weighted by atomic mass is 16.5. The van der Waals surface area contributed by atoms with Crippen molar-refractivity contribution >= 4 is 11.7 Å². The van der Waals surface area contributed by atoms with Crippen LogP contribution in [-0.2, 0) is 10.2 Å². The van der Waals surface area contributed by atoms with Gasteiger partial charge >= 0.3 is 0 Å². The minimum atomic E-state index is -0.0926. The van der Waals surface area contributed by atoms with Gasteiger partial charge in [-0.2, -0.15) is 0 Å². The number of carbonyl (C=O) groups is 1. The Kier molecular flexibility index (Phi) is 4.90. The third-order valence-electron chi connectivity index (χ3n) is 2.64. The maximum atomic E-state index is 11.6. The van der Waals surface area contributed by atoms with Crippen LogP contribution in [0.25, 0.3) is 0 Å². The second-order valence-electron chi connectivity index (χ2n) is 5.11. The maximum Gasteiger partial charge on any atom is 0.242 e. The zero-order chi connectivity index (χ0) is 13.8. The number of anilines is 1. The molecule has 0 bridgehead atoms. The number of hydrogen-bond donors (Lipinski definition) is 2. The second kappa shape index (κ2) is 6.00. The van der Waals surface area contributed by atoms with Crippen LogP contribution in [0.3, 0.4) is 0 Å². The van der Waals surface area contributed by atoms with Crippen molar-refractivity contribution in [3.63, 3.8) is 0 Å². The van der Waals surface area contributed by atoms with Crippen molar-refractivity contribution in [2.45, 2.75) is 52.5 Å². The molecule has 18 heavy (non-hydrogen) atoms. The molecule has 2 heterocycles. The van der Waals surface area contributed by atoms with Gasteiger partial charge in [-0.15, -0.1) is 0 Å². The Morgan fingerprint density at radius 1 is 1.50 bits per heavy atom. The van der Waals surface area contributed by atoms with E-state index in [1.54, 1.807) is 6.07 Å². The fourth-order valence-electron chi connectivity index (χ4n) is 1.41. The molecule has 5 heteroatoms. The van der Waals surface area contributed by atoms with E-state index in [0.29, 0.717) is 5.82 Å². The number of nitrogens with one attached hydrogen (secondary N) is 2. The Labute approximate surface area is 108 Å². The van der Waals surface area contributed by atoms with E-state index in [1.165, 1.54) is 0 Å². The second-order valence-corrected chi connectivity index (χ2v) is 5.11. The molecule has 1 aromatic rings. The standard InChI is InChI=1S/C11H17N3O2.C2H6/c1-11(2,3)8-6-9(14-16-8)13-10(15)7-4-5-12-7;1-2/h6-7,12H,4-5H2,1-3H3,(H,13,14,15);1-2H3. The Morgan fingerprint density at radius 3 is 2.50 bits per heavy atom. The summed E-state index contributed by atoms with van der Waals surface area (Å²) in [6.07, 6.45) is 0.885. The molecule has 1 unspecified atom stereocenters. The molecule has 0 saturated carbocycles. The highest BCUT2D eigenvalue weighted by molar-refractivity contribution is 5.94. The summed E-state index contributed by atoms with van der Waals surface area (Å²) in [5.41, 5.74) is -0.0926. The first-order valence-electron chi connectivity index (χ1n) is 6.48. The molecule has 0 spiro atoms. The molecule has 5 nitrogen and oxygen atoms in total. The van der Waals surface area contributed by atoms with E-state index < -0.39 is 0 Å². The lowest BCUT2D eigenvalue weighted by atomic mass is 9.93. The number of carbonyl (C=O) groups excluding carboxylic acids is 1. The van der Waals surface area contributed by atoms with Crippen LogP contribution in [0.15, 0.2) is 10.6 Å². The number of hydrogen-bond acceptors (Lipinski definition) is 4. The van der Waals surface area contributed by atoms with Gasteiger partial charge in [-0.1, -0.05) is 39.8 Å². The van der Waals surface area contributed by atoms with Gasteiger partial charge in [0.1, 0.15) is 5.76 Å². The van der Waals surface area contributed by atoms with Crippen LogP contribution in [0.4, 0.5) is 5.82 Å². The molecule has 102 valence electrons. The molecule has 1 amide bonds. The van der Waals surface area contributed by atoms with Gasteiger partial charge in [0.05, 0.1) is 6.04 Å². The first kappa shape index (κ1) is 14.7. The molecule has 0 aliphatic carbocycles. The van der Waals surface area contributed by atoms with Crippen LogP contribution in [0.2, 0.25) is 0 Å². The van der Waals surface area contributed by atoms with Crippen LogP contribution < -0.4 is 10.6 Å². The summed E-state index contributed by atoms with van der Waals surface area (Å²) in [5, 5.41) is 9.59. The van der Waals surface area contributed by atoms with Crippen molar-refractivity contribution in [2.24, 2.45) is 0 Å². The highest BCUT2D eigenvalue weighted by Gasteiger charge is 2.26. The predicted octanol–water partition coefficient (Wildman–Crippen LogP) is 2.30. The Morgan fingerprint density at radius 2 is 2.11 bits per heavy atom. The van der Waals surface area contributed by atoms with Gasteiger partial charge < -0.3 is 15.2 Å². The molecule has 1 aromatic heterocycles. The fourth-order valence-corrected chi connectivity index (χ4v) is 1.41. The minimum Gasteiger partial charge on any atom is -0.359 e. The van der Waals surface area contributed by atoms with Crippen LogP contribution in [0.1, 0.15) is 46.8 Å². The molecular weight excluding hydrogens is 230 g/mol. The minimum absolute atomic E-state index is 0.0417. The van der Waals surface area contributed by atoms with Gasteiger partial charge in [0.25, 0.3) is 0 Å². The van der Waals surface area contributed by atoms with E-state index >= 15 is 0 Å². The predicted molar refractivity (Wildman–Crippen MR) is 71.6 cm³/mol. The summed E-state index contributed by atoms with van der Waals surface area (Å²) in [4.78, 5) is 11.6. The molecule has 1 atom stereocenters. The quantitative estimate of drug-likeness (QED) is 0.848. The average molecular weight is 253 g/mol. The van der Waals surface area contributed by atoms with E-state index in [1.807, 2.05) is 34.6 Å². The van der Waals surface area contributed by atoms with Crippen molar-refractivity contribution in [3.05, 3.63) is 11.8 Å². The summed E-state index contributed by atoms with van der Waals surface area (Å²) in [5.74, 6) is 1.22. The van der Waals surface area contributed by atoms with Crippen molar-refractivity contribution < 1.29 is 9.32 Å². The van der Waals surface area contributed by atoms with Crippen LogP contribution >= 0.6 is 0 Å². The largest absolute Gasteiger partial charge is 0.359 e. The lowest BCUT2D eigenvalue weighted by molar-refractivity contribution is -0.119. The lowest BCUT2D eigenvalue weighted by Gasteiger charge is -2.25. The van der Waals surface area contributed by atoms with E-state index in [4.69, 9.17) is 4.52 Å². The number of nitrogens with zero attached hydrogens (tertiary/aromatic N) is 1. The van der Waals surface area contributed by atoms with Gasteiger partial charge in [-0.05, 0) is 13.0 Å². The molecule has 2 rings (SSSR count). The number of amides is 1. The van der Waals surface area contributed by atoms with Gasteiger partial charge in [0.15, 0.2) is 5.82 Å². The maximum absolute atomic E-state index is 11.6. The van der Waals surface area contributed by atoms with Crippen molar-refractivity contribution in [1.29, 1.82) is 0 Å². The molecule has 1 saturated heterocycles. The molecule has 0 radical (unpaired) electrons. The van der Waals surface area contributed by atoms with E-state index in [0.717, 1.165) is 18.7 Å². The van der Waals surface area contributed by atoms with E-state index in [2.05, 4.69) is 15.8 Å². The Balaban J connectivity index is 0.000000771. The van der Waals surface area contributed by atoms with Crippen molar-refractivity contribution in [1.82, 2.24) is 10.5 Å². The van der Waals surface area contributed by atoms with Gasteiger partial charge in [-0.3, -0.25) is 4.79 Å². The fraction of sp³-hybridized carbons (Fsp3) is 0.692. The third kappa shape index (κ3) is 3.57. The summed E-state index contributed by atoms with van der Waals surface area (Å²) in [6.45, 7) is 11.0. The normalized spacial score (nSPS) is 18.4. The molecule has 2 N–H and O–H groups in total. The molecule has 1 fully saturated rings. The Bertz CT molecular complexity index is 389. The van der Waals surface area contributed by atoms with Crippen molar-refractivity contribution in [2.75, 3.05) is 11.9 Å². The van der Waals surface area contributed by atoms with Gasteiger partial charge in [0, 0.05) is 11.5 Å². The smallest absolute Gasteiger partial charge is 0.242 e. The zero-order valence-electron chi connectivity index (χ0n) is 11.8. The van der Waals surface area contributed by atoms with Gasteiger partial charge in [-0.25, -0.2) is 0 Å². The van der Waals surface area contributed by atoms with Crippen LogP contribution in [-0.4, -0.2) is 23.7 Å². The SMILES string of the molecule is CC.CC(C)(C)c1cc(NC(=O)C2CCN2)no1. The lowest BCUT2D eigenvalue weighted by Crippen LogP contribution is -2.50. The summed E-state index contributed by atoms with van der Waals surface area (Å²) in [7, 11) is 0. The topological polar surface area (TPSA) is 67.2 Å². The molecular formula is C13H23N3O2. The van der Waals surface area contributed by atoms with Crippen LogP contribution in [0.5, 0.6) is 0 Å². The van der Waals surface area contributed by atoms with E-state index in [-0.39, 0.29) is 17.4 Å². The first-order valence-corrected chi connectivity index (χ1v) is 6.48. The highest BCUT2D eigenvalue weighted by Crippen LogP contribution is 2.24. The first-order chi connectivity index (χ1) is 8.47. The zero-order valence-corrected chi connectivity index (χ0v) is 11.8. The molecule has 0 aromatic carbocycles.